The Labute approximate surface area is 121 Å². The number of nitrogens with one attached hydrogen (secondary N) is 1. The maximum atomic E-state index is 11.7. The maximum absolute atomic E-state index is 11.7. The minimum atomic E-state index is -0.147. The van der Waals surface area contributed by atoms with Crippen LogP contribution in [0, 0.1) is 0 Å². The van der Waals surface area contributed by atoms with Gasteiger partial charge in [0.05, 0.1) is 19.7 Å². The fraction of sp³-hybridized carbons (Fsp3) is 0.286. The molecule has 20 heavy (non-hydrogen) atoms. The van der Waals surface area contributed by atoms with Crippen LogP contribution in [0.25, 0.3) is 0 Å². The van der Waals surface area contributed by atoms with Gasteiger partial charge in [-0.05, 0) is 24.1 Å². The summed E-state index contributed by atoms with van der Waals surface area (Å²) in [6.45, 7) is 0.547. The van der Waals surface area contributed by atoms with Crippen LogP contribution in [0.4, 0.5) is 0 Å². The van der Waals surface area contributed by atoms with Gasteiger partial charge in [-0.3, -0.25) is 4.79 Å². The Balaban J connectivity index is 1.89. The van der Waals surface area contributed by atoms with E-state index in [0.717, 1.165) is 12.0 Å². The van der Waals surface area contributed by atoms with Gasteiger partial charge in [-0.25, -0.2) is 4.98 Å². The lowest BCUT2D eigenvalue weighted by Crippen LogP contribution is -2.25. The Morgan fingerprint density at radius 2 is 2.10 bits per heavy atom. The number of hydrogen-bond donors (Lipinski definition) is 1. The van der Waals surface area contributed by atoms with Gasteiger partial charge in [-0.15, -0.1) is 11.3 Å². The molecule has 2 rings (SSSR count). The number of amides is 1. The molecule has 1 amide bonds. The molecule has 0 saturated heterocycles. The molecule has 0 aliphatic heterocycles. The molecule has 0 unspecified atom stereocenters. The van der Waals surface area contributed by atoms with Crippen molar-refractivity contribution >= 4 is 17.2 Å². The summed E-state index contributed by atoms with van der Waals surface area (Å²) in [4.78, 5) is 15.7. The van der Waals surface area contributed by atoms with Crippen LogP contribution >= 0.6 is 11.3 Å². The molecule has 106 valence electrons. The number of carbonyl (C=O) groups is 1. The number of nitrogens with zero attached hydrogens (tertiary/aromatic N) is 1. The van der Waals surface area contributed by atoms with E-state index >= 15 is 0 Å². The highest BCUT2D eigenvalue weighted by molar-refractivity contribution is 7.07. The van der Waals surface area contributed by atoms with Crippen LogP contribution < -0.4 is 14.8 Å². The summed E-state index contributed by atoms with van der Waals surface area (Å²) in [6.07, 6.45) is 0.718. The number of ether oxygens (including phenoxy) is 2. The lowest BCUT2D eigenvalue weighted by atomic mass is 10.1. The number of aromatic nitrogens is 1. The molecular formula is C14H16N2O3S. The average molecular weight is 292 g/mol. The molecule has 1 heterocycles. The molecule has 0 radical (unpaired) electrons. The third kappa shape index (κ3) is 3.48. The van der Waals surface area contributed by atoms with Crippen LogP contribution in [0.1, 0.15) is 16.1 Å². The van der Waals surface area contributed by atoms with Crippen LogP contribution in [0.3, 0.4) is 0 Å². The van der Waals surface area contributed by atoms with Crippen molar-refractivity contribution in [1.82, 2.24) is 10.3 Å². The van der Waals surface area contributed by atoms with Crippen molar-refractivity contribution in [2.75, 3.05) is 20.8 Å². The SMILES string of the molecule is COc1ccc(CCNC(=O)c2cscn2)cc1OC. The van der Waals surface area contributed by atoms with Crippen molar-refractivity contribution in [2.24, 2.45) is 0 Å². The summed E-state index contributed by atoms with van der Waals surface area (Å²) in [5.74, 6) is 1.24. The lowest BCUT2D eigenvalue weighted by Gasteiger charge is -2.09. The van der Waals surface area contributed by atoms with Crippen molar-refractivity contribution in [3.8, 4) is 11.5 Å². The smallest absolute Gasteiger partial charge is 0.270 e. The molecule has 5 nitrogen and oxygen atoms in total. The average Bonchev–Trinajstić information content (AvgIpc) is 3.01. The maximum Gasteiger partial charge on any atom is 0.270 e. The third-order valence-corrected chi connectivity index (χ3v) is 3.40. The van der Waals surface area contributed by atoms with Crippen LogP contribution in [-0.4, -0.2) is 31.7 Å². The molecule has 1 aromatic heterocycles. The van der Waals surface area contributed by atoms with Crippen molar-refractivity contribution in [3.05, 3.63) is 40.3 Å². The molecule has 0 bridgehead atoms. The second kappa shape index (κ2) is 6.91. The molecule has 6 heteroatoms. The van der Waals surface area contributed by atoms with E-state index in [9.17, 15) is 4.79 Å². The first-order valence-electron chi connectivity index (χ1n) is 6.12. The first-order valence-corrected chi connectivity index (χ1v) is 7.06. The summed E-state index contributed by atoms with van der Waals surface area (Å²) in [5.41, 5.74) is 3.17. The Morgan fingerprint density at radius 3 is 2.75 bits per heavy atom. The van der Waals surface area contributed by atoms with E-state index in [1.807, 2.05) is 18.2 Å². The van der Waals surface area contributed by atoms with Crippen LogP contribution in [0.2, 0.25) is 0 Å². The minimum Gasteiger partial charge on any atom is -0.493 e. The minimum absolute atomic E-state index is 0.147. The summed E-state index contributed by atoms with van der Waals surface area (Å²) < 4.78 is 10.4. The van der Waals surface area contributed by atoms with Crippen LogP contribution in [0.5, 0.6) is 11.5 Å². The highest BCUT2D eigenvalue weighted by Crippen LogP contribution is 2.27. The van der Waals surface area contributed by atoms with Crippen molar-refractivity contribution in [1.29, 1.82) is 0 Å². The predicted molar refractivity (Wildman–Crippen MR) is 77.7 cm³/mol. The second-order valence-electron chi connectivity index (χ2n) is 4.07. The quantitative estimate of drug-likeness (QED) is 0.886. The Kier molecular flexibility index (Phi) is 4.95. The fourth-order valence-corrected chi connectivity index (χ4v) is 2.30. The van der Waals surface area contributed by atoms with E-state index in [1.54, 1.807) is 25.1 Å². The highest BCUT2D eigenvalue weighted by Gasteiger charge is 2.07. The largest absolute Gasteiger partial charge is 0.493 e. The van der Waals surface area contributed by atoms with Gasteiger partial charge in [0.25, 0.3) is 5.91 Å². The number of carbonyl (C=O) groups excluding carboxylic acids is 1. The summed E-state index contributed by atoms with van der Waals surface area (Å²) in [6, 6.07) is 5.72. The van der Waals surface area contributed by atoms with E-state index in [1.165, 1.54) is 11.3 Å². The Bertz CT molecular complexity index is 570. The molecule has 0 spiro atoms. The van der Waals surface area contributed by atoms with Gasteiger partial charge in [0.2, 0.25) is 0 Å². The number of benzene rings is 1. The van der Waals surface area contributed by atoms with E-state index in [0.29, 0.717) is 23.7 Å². The van der Waals surface area contributed by atoms with Crippen LogP contribution in [-0.2, 0) is 6.42 Å². The molecule has 1 N–H and O–H groups in total. The lowest BCUT2D eigenvalue weighted by molar-refractivity contribution is 0.0950. The standard InChI is InChI=1S/C14H16N2O3S/c1-18-12-4-3-10(7-13(12)19-2)5-6-15-14(17)11-8-20-9-16-11/h3-4,7-9H,5-6H2,1-2H3,(H,15,17). The van der Waals surface area contributed by atoms with E-state index in [2.05, 4.69) is 10.3 Å². The first-order chi connectivity index (χ1) is 9.74. The topological polar surface area (TPSA) is 60.5 Å². The Morgan fingerprint density at radius 1 is 1.30 bits per heavy atom. The molecular weight excluding hydrogens is 276 g/mol. The molecule has 0 fully saturated rings. The molecule has 0 atom stereocenters. The molecule has 0 aliphatic carbocycles. The van der Waals surface area contributed by atoms with E-state index in [4.69, 9.17) is 9.47 Å². The summed E-state index contributed by atoms with van der Waals surface area (Å²) in [7, 11) is 3.21. The summed E-state index contributed by atoms with van der Waals surface area (Å²) >= 11 is 1.40. The van der Waals surface area contributed by atoms with Crippen molar-refractivity contribution < 1.29 is 14.3 Å². The molecule has 0 saturated carbocycles. The zero-order valence-electron chi connectivity index (χ0n) is 11.4. The second-order valence-corrected chi connectivity index (χ2v) is 4.79. The molecule has 0 aliphatic rings. The zero-order valence-corrected chi connectivity index (χ0v) is 12.2. The van der Waals surface area contributed by atoms with Gasteiger partial charge in [0.1, 0.15) is 5.69 Å². The van der Waals surface area contributed by atoms with Gasteiger partial charge >= 0.3 is 0 Å². The van der Waals surface area contributed by atoms with Gasteiger partial charge < -0.3 is 14.8 Å². The van der Waals surface area contributed by atoms with Gasteiger partial charge in [-0.2, -0.15) is 0 Å². The van der Waals surface area contributed by atoms with E-state index < -0.39 is 0 Å². The highest BCUT2D eigenvalue weighted by atomic mass is 32.1. The number of rotatable bonds is 6. The zero-order chi connectivity index (χ0) is 14.4. The van der Waals surface area contributed by atoms with Gasteiger partial charge in [-0.1, -0.05) is 6.07 Å². The normalized spacial score (nSPS) is 10.1. The molecule has 1 aromatic carbocycles. The summed E-state index contributed by atoms with van der Waals surface area (Å²) in [5, 5.41) is 4.56. The third-order valence-electron chi connectivity index (χ3n) is 2.81. The predicted octanol–water partition coefficient (Wildman–Crippen LogP) is 2.13. The monoisotopic (exact) mass is 292 g/mol. The molecule has 2 aromatic rings. The Hall–Kier alpha value is -2.08. The van der Waals surface area contributed by atoms with Crippen molar-refractivity contribution in [3.63, 3.8) is 0 Å². The number of hydrogen-bond acceptors (Lipinski definition) is 5. The van der Waals surface area contributed by atoms with Crippen molar-refractivity contribution in [2.45, 2.75) is 6.42 Å². The van der Waals surface area contributed by atoms with E-state index in [-0.39, 0.29) is 5.91 Å². The van der Waals surface area contributed by atoms with Crippen LogP contribution in [0.15, 0.2) is 29.1 Å². The van der Waals surface area contributed by atoms with Gasteiger partial charge in [0.15, 0.2) is 11.5 Å². The number of thiazole rings is 1. The first kappa shape index (κ1) is 14.3. The number of methoxy groups -OCH3 is 2. The van der Waals surface area contributed by atoms with Gasteiger partial charge in [0, 0.05) is 11.9 Å². The fourth-order valence-electron chi connectivity index (χ4n) is 1.77.